The lowest BCUT2D eigenvalue weighted by atomic mass is 10.2. The van der Waals surface area contributed by atoms with Crippen LogP contribution in [0.4, 0.5) is 15.8 Å². The Hall–Kier alpha value is -2.71. The molecule has 1 aromatic heterocycles. The average molecular weight is 416 g/mol. The van der Waals surface area contributed by atoms with Gasteiger partial charge in [-0.3, -0.25) is 9.59 Å². The van der Waals surface area contributed by atoms with Crippen molar-refractivity contribution in [3.05, 3.63) is 59.7 Å². The Morgan fingerprint density at radius 2 is 1.79 bits per heavy atom. The Balaban J connectivity index is 1.61. The first-order chi connectivity index (χ1) is 13.4. The number of hydrogen-bond donors (Lipinski definition) is 2. The van der Waals surface area contributed by atoms with Gasteiger partial charge in [-0.1, -0.05) is 17.8 Å². The minimum absolute atomic E-state index is 0.163. The number of aromatic nitrogens is 1. The summed E-state index contributed by atoms with van der Waals surface area (Å²) in [6.45, 7) is 3.23. The van der Waals surface area contributed by atoms with E-state index in [9.17, 15) is 14.0 Å². The van der Waals surface area contributed by atoms with E-state index in [0.29, 0.717) is 11.4 Å². The van der Waals surface area contributed by atoms with Gasteiger partial charge in [0.2, 0.25) is 11.8 Å². The van der Waals surface area contributed by atoms with E-state index >= 15 is 0 Å². The molecule has 1 atom stereocenters. The molecule has 2 N–H and O–H groups in total. The number of amides is 2. The second-order valence-corrected chi connectivity index (χ2v) is 8.46. The van der Waals surface area contributed by atoms with Crippen molar-refractivity contribution in [1.29, 1.82) is 0 Å². The van der Waals surface area contributed by atoms with E-state index < -0.39 is 0 Å². The van der Waals surface area contributed by atoms with Gasteiger partial charge in [0.15, 0.2) is 4.34 Å². The van der Waals surface area contributed by atoms with Crippen LogP contribution in [0, 0.1) is 5.82 Å². The summed E-state index contributed by atoms with van der Waals surface area (Å²) in [5, 5.41) is 7.05. The largest absolute Gasteiger partial charge is 0.326 e. The topological polar surface area (TPSA) is 71.1 Å². The second-order valence-electron chi connectivity index (χ2n) is 6.02. The molecule has 0 spiro atoms. The molecule has 1 heterocycles. The highest BCUT2D eigenvalue weighted by molar-refractivity contribution is 8.02. The smallest absolute Gasteiger partial charge is 0.237 e. The van der Waals surface area contributed by atoms with E-state index in [1.54, 1.807) is 43.3 Å². The maximum atomic E-state index is 13.0. The molecule has 2 aromatic carbocycles. The van der Waals surface area contributed by atoms with Crippen LogP contribution in [0.1, 0.15) is 13.8 Å². The van der Waals surface area contributed by atoms with Gasteiger partial charge in [-0.2, -0.15) is 0 Å². The number of nitrogens with zero attached hydrogens (tertiary/aromatic N) is 1. The molecule has 2 amide bonds. The molecule has 0 aliphatic carbocycles. The number of benzene rings is 2. The molecule has 3 rings (SSSR count). The Labute approximate surface area is 170 Å². The fourth-order valence-corrected chi connectivity index (χ4v) is 4.36. The maximum absolute atomic E-state index is 13.0. The first-order valence-corrected chi connectivity index (χ1v) is 10.2. The van der Waals surface area contributed by atoms with Gasteiger partial charge >= 0.3 is 0 Å². The van der Waals surface area contributed by atoms with Crippen LogP contribution in [-0.2, 0) is 9.59 Å². The highest BCUT2D eigenvalue weighted by atomic mass is 32.2. The molecule has 0 saturated carbocycles. The zero-order valence-corrected chi connectivity index (χ0v) is 16.9. The maximum Gasteiger partial charge on any atom is 0.237 e. The number of thiazole rings is 1. The highest BCUT2D eigenvalue weighted by Crippen LogP contribution is 2.31. The quantitative estimate of drug-likeness (QED) is 0.554. The van der Waals surface area contributed by atoms with E-state index in [0.717, 1.165) is 15.6 Å². The number of carbonyl (C=O) groups excluding carboxylic acids is 2. The van der Waals surface area contributed by atoms with Crippen molar-refractivity contribution in [1.82, 2.24) is 4.98 Å². The third kappa shape index (κ3) is 5.40. The lowest BCUT2D eigenvalue weighted by Gasteiger charge is -2.11. The molecule has 28 heavy (non-hydrogen) atoms. The van der Waals surface area contributed by atoms with Gasteiger partial charge in [-0.15, -0.1) is 11.3 Å². The summed E-state index contributed by atoms with van der Waals surface area (Å²) in [4.78, 5) is 28.2. The van der Waals surface area contributed by atoms with Crippen molar-refractivity contribution in [3.63, 3.8) is 0 Å². The predicted molar refractivity (Wildman–Crippen MR) is 112 cm³/mol. The molecule has 5 nitrogen and oxygen atoms in total. The lowest BCUT2D eigenvalue weighted by Crippen LogP contribution is -2.22. The minimum atomic E-state index is -0.364. The van der Waals surface area contributed by atoms with Crippen molar-refractivity contribution in [2.45, 2.75) is 23.4 Å². The fraction of sp³-hybridized carbons (Fsp3) is 0.150. The molecular weight excluding hydrogens is 397 g/mol. The van der Waals surface area contributed by atoms with Gasteiger partial charge in [0.05, 0.1) is 10.9 Å². The molecule has 0 fully saturated rings. The Morgan fingerprint density at radius 3 is 2.46 bits per heavy atom. The summed E-state index contributed by atoms with van der Waals surface area (Å²) >= 11 is 2.80. The van der Waals surface area contributed by atoms with Crippen molar-refractivity contribution in [2.75, 3.05) is 10.6 Å². The Bertz CT molecular complexity index is 989. The summed E-state index contributed by atoms with van der Waals surface area (Å²) in [6, 6.07) is 13.1. The van der Waals surface area contributed by atoms with Crippen LogP contribution in [0.3, 0.4) is 0 Å². The summed E-state index contributed by atoms with van der Waals surface area (Å²) in [5.41, 5.74) is 2.81. The third-order valence-corrected chi connectivity index (χ3v) is 5.79. The van der Waals surface area contributed by atoms with Crippen LogP contribution in [0.15, 0.2) is 58.3 Å². The average Bonchev–Trinajstić information content (AvgIpc) is 3.10. The van der Waals surface area contributed by atoms with Crippen LogP contribution < -0.4 is 10.6 Å². The zero-order chi connectivity index (χ0) is 20.1. The van der Waals surface area contributed by atoms with Crippen LogP contribution in [0.2, 0.25) is 0 Å². The van der Waals surface area contributed by atoms with E-state index in [2.05, 4.69) is 15.6 Å². The van der Waals surface area contributed by atoms with Crippen molar-refractivity contribution in [2.24, 2.45) is 0 Å². The van der Waals surface area contributed by atoms with E-state index in [-0.39, 0.29) is 22.9 Å². The first-order valence-electron chi connectivity index (χ1n) is 8.47. The summed E-state index contributed by atoms with van der Waals surface area (Å²) < 4.78 is 13.8. The van der Waals surface area contributed by atoms with Gasteiger partial charge in [0, 0.05) is 29.2 Å². The fourth-order valence-electron chi connectivity index (χ4n) is 2.39. The summed E-state index contributed by atoms with van der Waals surface area (Å²) in [5.74, 6) is -0.627. The van der Waals surface area contributed by atoms with Crippen LogP contribution >= 0.6 is 23.1 Å². The van der Waals surface area contributed by atoms with Gasteiger partial charge in [-0.25, -0.2) is 9.37 Å². The number of halogens is 1. The number of thioether (sulfide) groups is 1. The molecule has 3 aromatic rings. The molecule has 0 bridgehead atoms. The van der Waals surface area contributed by atoms with Gasteiger partial charge in [0.25, 0.3) is 0 Å². The highest BCUT2D eigenvalue weighted by Gasteiger charge is 2.17. The van der Waals surface area contributed by atoms with Gasteiger partial charge in [0.1, 0.15) is 5.82 Å². The van der Waals surface area contributed by atoms with Crippen LogP contribution in [0.5, 0.6) is 0 Å². The van der Waals surface area contributed by atoms with Crippen LogP contribution in [0.25, 0.3) is 11.3 Å². The number of nitrogens with one attached hydrogen (secondary N) is 2. The molecule has 0 saturated heterocycles. The molecule has 1 unspecified atom stereocenters. The van der Waals surface area contributed by atoms with Gasteiger partial charge in [-0.05, 0) is 49.4 Å². The number of anilines is 2. The lowest BCUT2D eigenvalue weighted by molar-refractivity contribution is -0.115. The van der Waals surface area contributed by atoms with E-state index in [1.807, 2.05) is 5.38 Å². The molecule has 144 valence electrons. The van der Waals surface area contributed by atoms with Crippen molar-refractivity contribution < 1.29 is 14.0 Å². The standard InChI is InChI=1S/C20H18FN3O2S2/c1-12(19(26)23-17-5-3-4-16(10-17)22-13(2)25)28-20-24-18(11-27-20)14-6-8-15(21)9-7-14/h3-12H,1-2H3,(H,22,25)(H,23,26). The van der Waals surface area contributed by atoms with Crippen molar-refractivity contribution >= 4 is 46.3 Å². The third-order valence-electron chi connectivity index (χ3n) is 3.72. The number of carbonyl (C=O) groups is 2. The van der Waals surface area contributed by atoms with E-state index in [1.165, 1.54) is 42.2 Å². The molecular formula is C20H18FN3O2S2. The first kappa shape index (κ1) is 20.0. The van der Waals surface area contributed by atoms with Crippen LogP contribution in [-0.4, -0.2) is 22.0 Å². The molecule has 8 heteroatoms. The Kier molecular flexibility index (Phi) is 6.43. The Morgan fingerprint density at radius 1 is 1.11 bits per heavy atom. The monoisotopic (exact) mass is 415 g/mol. The molecule has 0 aliphatic rings. The SMILES string of the molecule is CC(=O)Nc1cccc(NC(=O)C(C)Sc2nc(-c3ccc(F)cc3)cs2)c1. The second kappa shape index (κ2) is 8.99. The zero-order valence-electron chi connectivity index (χ0n) is 15.2. The molecule has 0 aliphatic heterocycles. The summed E-state index contributed by atoms with van der Waals surface area (Å²) in [6.07, 6.45) is 0. The number of hydrogen-bond acceptors (Lipinski definition) is 5. The summed E-state index contributed by atoms with van der Waals surface area (Å²) in [7, 11) is 0. The number of rotatable bonds is 6. The van der Waals surface area contributed by atoms with Crippen molar-refractivity contribution in [3.8, 4) is 11.3 Å². The minimum Gasteiger partial charge on any atom is -0.326 e. The normalized spacial score (nSPS) is 11.7. The predicted octanol–water partition coefficient (Wildman–Crippen LogP) is 5.03. The molecule has 0 radical (unpaired) electrons. The van der Waals surface area contributed by atoms with E-state index in [4.69, 9.17) is 0 Å². The van der Waals surface area contributed by atoms with Gasteiger partial charge < -0.3 is 10.6 Å².